The lowest BCUT2D eigenvalue weighted by molar-refractivity contribution is -0.116. The summed E-state index contributed by atoms with van der Waals surface area (Å²) in [4.78, 5) is 14.5. The van der Waals surface area contributed by atoms with E-state index in [9.17, 15) is 4.79 Å². The first kappa shape index (κ1) is 19.1. The molecule has 27 heavy (non-hydrogen) atoms. The van der Waals surface area contributed by atoms with Crippen molar-refractivity contribution in [2.24, 2.45) is 0 Å². The van der Waals surface area contributed by atoms with Gasteiger partial charge in [-0.15, -0.1) is 0 Å². The molecule has 0 bridgehead atoms. The number of ether oxygens (including phenoxy) is 1. The van der Waals surface area contributed by atoms with E-state index in [1.54, 1.807) is 11.8 Å². The highest BCUT2D eigenvalue weighted by molar-refractivity contribution is 7.99. The molecule has 0 aliphatic rings. The Balaban J connectivity index is 1.53. The summed E-state index contributed by atoms with van der Waals surface area (Å²) in [6, 6.07) is 26.0. The van der Waals surface area contributed by atoms with Crippen LogP contribution in [0.2, 0.25) is 0 Å². The number of aryl methyl sites for hydroxylation is 1. The van der Waals surface area contributed by atoms with Gasteiger partial charge in [-0.3, -0.25) is 4.79 Å². The van der Waals surface area contributed by atoms with Crippen LogP contribution in [-0.2, 0) is 11.2 Å². The molecule has 0 atom stereocenters. The second-order valence-corrected chi connectivity index (χ2v) is 7.17. The van der Waals surface area contributed by atoms with E-state index in [2.05, 4.69) is 24.4 Å². The molecule has 0 saturated heterocycles. The molecular weight excluding hydrogens is 354 g/mol. The first-order valence-corrected chi connectivity index (χ1v) is 9.90. The molecule has 3 nitrogen and oxygen atoms in total. The van der Waals surface area contributed by atoms with Crippen LogP contribution < -0.4 is 10.1 Å². The normalized spacial score (nSPS) is 10.4. The Morgan fingerprint density at radius 2 is 1.63 bits per heavy atom. The molecular formula is C23H23NO2S. The lowest BCUT2D eigenvalue weighted by Crippen LogP contribution is -2.15. The standard InChI is InChI=1S/C23H23NO2S/c1-2-18-12-14-19(15-13-18)26-17-16-23(25)24-21-10-6-7-11-22(21)27-20-8-4-3-5-9-20/h3-15H,2,16-17H2,1H3,(H,24,25). The van der Waals surface area contributed by atoms with Crippen LogP contribution in [0.5, 0.6) is 5.75 Å². The number of amides is 1. The van der Waals surface area contributed by atoms with E-state index in [-0.39, 0.29) is 5.91 Å². The summed E-state index contributed by atoms with van der Waals surface area (Å²) in [6.07, 6.45) is 1.31. The SMILES string of the molecule is CCc1ccc(OCCC(=O)Nc2ccccc2Sc2ccccc2)cc1. The topological polar surface area (TPSA) is 38.3 Å². The molecule has 3 rings (SSSR count). The van der Waals surface area contributed by atoms with Crippen molar-refractivity contribution in [2.75, 3.05) is 11.9 Å². The predicted octanol–water partition coefficient (Wildman–Crippen LogP) is 5.81. The van der Waals surface area contributed by atoms with E-state index < -0.39 is 0 Å². The molecule has 0 spiro atoms. The Bertz CT molecular complexity index is 863. The Kier molecular flexibility index (Phi) is 6.94. The van der Waals surface area contributed by atoms with Crippen molar-refractivity contribution in [1.82, 2.24) is 0 Å². The van der Waals surface area contributed by atoms with Gasteiger partial charge in [0.05, 0.1) is 18.7 Å². The zero-order chi connectivity index (χ0) is 18.9. The molecule has 0 unspecified atom stereocenters. The van der Waals surface area contributed by atoms with Crippen LogP contribution >= 0.6 is 11.8 Å². The number of benzene rings is 3. The van der Waals surface area contributed by atoms with E-state index in [1.807, 2.05) is 66.7 Å². The van der Waals surface area contributed by atoms with Gasteiger partial charge in [-0.05, 0) is 48.4 Å². The largest absolute Gasteiger partial charge is 0.493 e. The third kappa shape index (κ3) is 5.90. The number of carbonyl (C=O) groups excluding carboxylic acids is 1. The minimum absolute atomic E-state index is 0.0544. The van der Waals surface area contributed by atoms with E-state index in [0.717, 1.165) is 27.6 Å². The van der Waals surface area contributed by atoms with Gasteiger partial charge in [0, 0.05) is 9.79 Å². The fourth-order valence-corrected chi connectivity index (χ4v) is 3.49. The molecule has 0 aliphatic heterocycles. The van der Waals surface area contributed by atoms with Gasteiger partial charge in [0.25, 0.3) is 0 Å². The number of nitrogens with one attached hydrogen (secondary N) is 1. The van der Waals surface area contributed by atoms with Gasteiger partial charge in [0.1, 0.15) is 5.75 Å². The minimum Gasteiger partial charge on any atom is -0.493 e. The highest BCUT2D eigenvalue weighted by Crippen LogP contribution is 2.33. The molecule has 3 aromatic rings. The van der Waals surface area contributed by atoms with Gasteiger partial charge in [-0.2, -0.15) is 0 Å². The van der Waals surface area contributed by atoms with Gasteiger partial charge < -0.3 is 10.1 Å². The summed E-state index contributed by atoms with van der Waals surface area (Å²) in [5, 5.41) is 3.00. The van der Waals surface area contributed by atoms with Crippen molar-refractivity contribution in [3.05, 3.63) is 84.4 Å². The zero-order valence-corrected chi connectivity index (χ0v) is 16.2. The van der Waals surface area contributed by atoms with Crippen LogP contribution in [0, 0.1) is 0 Å². The summed E-state index contributed by atoms with van der Waals surface area (Å²) in [5.74, 6) is 0.737. The molecule has 0 saturated carbocycles. The number of rotatable bonds is 8. The molecule has 0 radical (unpaired) electrons. The first-order valence-electron chi connectivity index (χ1n) is 9.08. The third-order valence-corrected chi connectivity index (χ3v) is 5.15. The molecule has 138 valence electrons. The highest BCUT2D eigenvalue weighted by atomic mass is 32.2. The number of hydrogen-bond donors (Lipinski definition) is 1. The van der Waals surface area contributed by atoms with Crippen molar-refractivity contribution >= 4 is 23.4 Å². The summed E-state index contributed by atoms with van der Waals surface area (Å²) < 4.78 is 5.67. The second-order valence-electron chi connectivity index (χ2n) is 6.06. The zero-order valence-electron chi connectivity index (χ0n) is 15.4. The molecule has 4 heteroatoms. The van der Waals surface area contributed by atoms with Gasteiger partial charge in [0.15, 0.2) is 0 Å². The van der Waals surface area contributed by atoms with Crippen molar-refractivity contribution in [1.29, 1.82) is 0 Å². The monoisotopic (exact) mass is 377 g/mol. The summed E-state index contributed by atoms with van der Waals surface area (Å²) in [6.45, 7) is 2.47. The molecule has 0 aliphatic carbocycles. The van der Waals surface area contributed by atoms with Gasteiger partial charge in [-0.25, -0.2) is 0 Å². The smallest absolute Gasteiger partial charge is 0.227 e. The van der Waals surface area contributed by atoms with E-state index in [0.29, 0.717) is 13.0 Å². The van der Waals surface area contributed by atoms with E-state index in [1.165, 1.54) is 5.56 Å². The predicted molar refractivity (Wildman–Crippen MR) is 112 cm³/mol. The number of carbonyl (C=O) groups is 1. The van der Waals surface area contributed by atoms with Crippen molar-refractivity contribution in [3.8, 4) is 5.75 Å². The molecule has 0 aromatic heterocycles. The first-order chi connectivity index (χ1) is 13.2. The number of anilines is 1. The molecule has 1 amide bonds. The molecule has 1 N–H and O–H groups in total. The van der Waals surface area contributed by atoms with Crippen molar-refractivity contribution < 1.29 is 9.53 Å². The van der Waals surface area contributed by atoms with Crippen LogP contribution in [0.1, 0.15) is 18.9 Å². The maximum atomic E-state index is 12.3. The maximum Gasteiger partial charge on any atom is 0.227 e. The summed E-state index contributed by atoms with van der Waals surface area (Å²) in [5.41, 5.74) is 2.09. The van der Waals surface area contributed by atoms with Crippen LogP contribution in [0.4, 0.5) is 5.69 Å². The lowest BCUT2D eigenvalue weighted by Gasteiger charge is -2.11. The third-order valence-electron chi connectivity index (χ3n) is 4.06. The Labute approximate surface area is 164 Å². The summed E-state index contributed by atoms with van der Waals surface area (Å²) >= 11 is 1.63. The fourth-order valence-electron chi connectivity index (χ4n) is 2.57. The maximum absolute atomic E-state index is 12.3. The number of para-hydroxylation sites is 1. The Morgan fingerprint density at radius 3 is 2.37 bits per heavy atom. The molecule has 0 fully saturated rings. The van der Waals surface area contributed by atoms with Gasteiger partial charge in [0.2, 0.25) is 5.91 Å². The summed E-state index contributed by atoms with van der Waals surface area (Å²) in [7, 11) is 0. The van der Waals surface area contributed by atoms with Crippen LogP contribution in [0.3, 0.4) is 0 Å². The van der Waals surface area contributed by atoms with Crippen LogP contribution in [0.15, 0.2) is 88.7 Å². The number of hydrogen-bond acceptors (Lipinski definition) is 3. The van der Waals surface area contributed by atoms with Gasteiger partial charge >= 0.3 is 0 Å². The minimum atomic E-state index is -0.0544. The second kappa shape index (κ2) is 9.83. The molecule has 0 heterocycles. The fraction of sp³-hybridized carbons (Fsp3) is 0.174. The lowest BCUT2D eigenvalue weighted by atomic mass is 10.2. The van der Waals surface area contributed by atoms with Crippen LogP contribution in [-0.4, -0.2) is 12.5 Å². The average Bonchev–Trinajstić information content (AvgIpc) is 2.71. The van der Waals surface area contributed by atoms with Gasteiger partial charge in [-0.1, -0.05) is 61.2 Å². The Morgan fingerprint density at radius 1 is 0.926 bits per heavy atom. The molecule has 3 aromatic carbocycles. The Hall–Kier alpha value is -2.72. The van der Waals surface area contributed by atoms with Crippen LogP contribution in [0.25, 0.3) is 0 Å². The van der Waals surface area contributed by atoms with Crippen molar-refractivity contribution in [3.63, 3.8) is 0 Å². The highest BCUT2D eigenvalue weighted by Gasteiger charge is 2.08. The quantitative estimate of drug-likeness (QED) is 0.538. The van der Waals surface area contributed by atoms with E-state index in [4.69, 9.17) is 4.74 Å². The van der Waals surface area contributed by atoms with Crippen molar-refractivity contribution in [2.45, 2.75) is 29.6 Å². The van der Waals surface area contributed by atoms with E-state index >= 15 is 0 Å². The average molecular weight is 378 g/mol.